The highest BCUT2D eigenvalue weighted by Gasteiger charge is 2.23. The normalized spacial score (nSPS) is 27.4. The first kappa shape index (κ1) is 15.0. The smallest absolute Gasteiger partial charge is 0.00698 e. The Kier molecular flexibility index (Phi) is 7.18. The van der Waals surface area contributed by atoms with Gasteiger partial charge in [-0.1, -0.05) is 46.5 Å². The van der Waals surface area contributed by atoms with Crippen molar-refractivity contribution in [3.63, 3.8) is 0 Å². The van der Waals surface area contributed by atoms with Crippen LogP contribution in [0, 0.1) is 11.8 Å². The maximum Gasteiger partial charge on any atom is 0.00698 e. The van der Waals surface area contributed by atoms with Gasteiger partial charge in [0, 0.05) is 12.1 Å². The van der Waals surface area contributed by atoms with Gasteiger partial charge in [-0.2, -0.15) is 0 Å². The lowest BCUT2D eigenvalue weighted by molar-refractivity contribution is 0.239. The molecule has 1 heteroatoms. The van der Waals surface area contributed by atoms with Crippen molar-refractivity contribution in [3.8, 4) is 0 Å². The Hall–Kier alpha value is -0.0400. The Labute approximate surface area is 109 Å². The fourth-order valence-corrected chi connectivity index (χ4v) is 3.53. The molecule has 1 saturated carbocycles. The van der Waals surface area contributed by atoms with Crippen molar-refractivity contribution < 1.29 is 0 Å². The summed E-state index contributed by atoms with van der Waals surface area (Å²) in [4.78, 5) is 0. The molecule has 0 spiro atoms. The Morgan fingerprint density at radius 1 is 1.00 bits per heavy atom. The van der Waals surface area contributed by atoms with Crippen LogP contribution in [0.3, 0.4) is 0 Å². The van der Waals surface area contributed by atoms with Gasteiger partial charge in [0.15, 0.2) is 0 Å². The van der Waals surface area contributed by atoms with Crippen molar-refractivity contribution in [1.82, 2.24) is 5.32 Å². The van der Waals surface area contributed by atoms with Gasteiger partial charge in [0.25, 0.3) is 0 Å². The highest BCUT2D eigenvalue weighted by Crippen LogP contribution is 2.28. The summed E-state index contributed by atoms with van der Waals surface area (Å²) in [6.45, 7) is 9.35. The van der Waals surface area contributed by atoms with E-state index in [0.29, 0.717) is 6.04 Å². The molecule has 0 aromatic heterocycles. The third-order valence-corrected chi connectivity index (χ3v) is 4.80. The van der Waals surface area contributed by atoms with Gasteiger partial charge in [-0.3, -0.25) is 0 Å². The van der Waals surface area contributed by atoms with Crippen LogP contribution in [0.15, 0.2) is 0 Å². The van der Waals surface area contributed by atoms with Gasteiger partial charge in [-0.05, 0) is 44.4 Å². The van der Waals surface area contributed by atoms with Crippen LogP contribution in [-0.2, 0) is 0 Å². The SMILES string of the molecule is CCCC1CCC(NC(C)C(CC)CC)CC1. The molecule has 1 unspecified atom stereocenters. The van der Waals surface area contributed by atoms with Gasteiger partial charge in [-0.25, -0.2) is 0 Å². The first-order valence-electron chi connectivity index (χ1n) is 7.97. The van der Waals surface area contributed by atoms with E-state index in [1.165, 1.54) is 51.4 Å². The molecule has 0 aliphatic heterocycles. The molecule has 0 radical (unpaired) electrons. The van der Waals surface area contributed by atoms with Crippen LogP contribution in [0.25, 0.3) is 0 Å². The minimum Gasteiger partial charge on any atom is -0.311 e. The topological polar surface area (TPSA) is 12.0 Å². The van der Waals surface area contributed by atoms with Crippen molar-refractivity contribution in [3.05, 3.63) is 0 Å². The van der Waals surface area contributed by atoms with E-state index in [-0.39, 0.29) is 0 Å². The Balaban J connectivity index is 2.25. The zero-order valence-corrected chi connectivity index (χ0v) is 12.5. The second-order valence-electron chi connectivity index (χ2n) is 6.04. The van der Waals surface area contributed by atoms with Gasteiger partial charge in [-0.15, -0.1) is 0 Å². The zero-order chi connectivity index (χ0) is 12.7. The molecule has 0 aromatic carbocycles. The molecule has 0 amide bonds. The van der Waals surface area contributed by atoms with Crippen LogP contribution in [0.1, 0.15) is 79.1 Å². The lowest BCUT2D eigenvalue weighted by Crippen LogP contribution is -2.42. The third kappa shape index (κ3) is 4.99. The molecule has 0 saturated heterocycles. The summed E-state index contributed by atoms with van der Waals surface area (Å²) >= 11 is 0. The maximum absolute atomic E-state index is 3.88. The molecule has 0 aromatic rings. The Bertz CT molecular complexity index is 178. The molecule has 0 bridgehead atoms. The highest BCUT2D eigenvalue weighted by atomic mass is 15.0. The quantitative estimate of drug-likeness (QED) is 0.675. The van der Waals surface area contributed by atoms with E-state index in [1.807, 2.05) is 0 Å². The summed E-state index contributed by atoms with van der Waals surface area (Å²) in [5, 5.41) is 3.88. The lowest BCUT2D eigenvalue weighted by Gasteiger charge is -2.33. The summed E-state index contributed by atoms with van der Waals surface area (Å²) < 4.78 is 0. The molecule has 1 nitrogen and oxygen atoms in total. The summed E-state index contributed by atoms with van der Waals surface area (Å²) in [6, 6.07) is 1.51. The highest BCUT2D eigenvalue weighted by molar-refractivity contribution is 4.81. The summed E-state index contributed by atoms with van der Waals surface area (Å²) in [5.74, 6) is 1.89. The molecule has 17 heavy (non-hydrogen) atoms. The minimum atomic E-state index is 0.706. The molecule has 0 heterocycles. The molecule has 1 atom stereocenters. The van der Waals surface area contributed by atoms with Crippen molar-refractivity contribution in [2.45, 2.75) is 91.1 Å². The summed E-state index contributed by atoms with van der Waals surface area (Å²) in [6.07, 6.45) is 11.2. The van der Waals surface area contributed by atoms with Gasteiger partial charge < -0.3 is 5.32 Å². The average Bonchev–Trinajstić information content (AvgIpc) is 2.33. The average molecular weight is 239 g/mol. The van der Waals surface area contributed by atoms with Crippen LogP contribution in [-0.4, -0.2) is 12.1 Å². The molecule has 1 aliphatic carbocycles. The maximum atomic E-state index is 3.88. The third-order valence-electron chi connectivity index (χ3n) is 4.80. The molecule has 102 valence electrons. The van der Waals surface area contributed by atoms with Crippen LogP contribution in [0.5, 0.6) is 0 Å². The monoisotopic (exact) mass is 239 g/mol. The standard InChI is InChI=1S/C16H33N/c1-5-8-14-9-11-16(12-10-14)17-13(4)15(6-2)7-3/h13-17H,5-12H2,1-4H3. The van der Waals surface area contributed by atoms with Crippen molar-refractivity contribution in [2.24, 2.45) is 11.8 Å². The van der Waals surface area contributed by atoms with Gasteiger partial charge in [0.1, 0.15) is 0 Å². The fraction of sp³-hybridized carbons (Fsp3) is 1.00. The Morgan fingerprint density at radius 2 is 1.59 bits per heavy atom. The second-order valence-corrected chi connectivity index (χ2v) is 6.04. The number of hydrogen-bond acceptors (Lipinski definition) is 1. The second kappa shape index (κ2) is 8.13. The molecular weight excluding hydrogens is 206 g/mol. The largest absolute Gasteiger partial charge is 0.311 e. The molecule has 1 aliphatic rings. The van der Waals surface area contributed by atoms with E-state index in [2.05, 4.69) is 33.0 Å². The molecule has 1 N–H and O–H groups in total. The first-order chi connectivity index (χ1) is 8.21. The van der Waals surface area contributed by atoms with Crippen LogP contribution in [0.4, 0.5) is 0 Å². The first-order valence-corrected chi connectivity index (χ1v) is 7.97. The van der Waals surface area contributed by atoms with Crippen molar-refractivity contribution in [1.29, 1.82) is 0 Å². The molecule has 1 rings (SSSR count). The van der Waals surface area contributed by atoms with Gasteiger partial charge in [0.05, 0.1) is 0 Å². The predicted molar refractivity (Wildman–Crippen MR) is 77.3 cm³/mol. The summed E-state index contributed by atoms with van der Waals surface area (Å²) in [7, 11) is 0. The molecular formula is C16H33N. The van der Waals surface area contributed by atoms with Crippen LogP contribution >= 0.6 is 0 Å². The van der Waals surface area contributed by atoms with E-state index >= 15 is 0 Å². The van der Waals surface area contributed by atoms with Crippen molar-refractivity contribution in [2.75, 3.05) is 0 Å². The zero-order valence-electron chi connectivity index (χ0n) is 12.5. The lowest BCUT2D eigenvalue weighted by atomic mass is 9.83. The van der Waals surface area contributed by atoms with E-state index in [4.69, 9.17) is 0 Å². The van der Waals surface area contributed by atoms with Crippen LogP contribution < -0.4 is 5.32 Å². The van der Waals surface area contributed by atoms with E-state index in [0.717, 1.165) is 17.9 Å². The number of rotatable bonds is 7. The van der Waals surface area contributed by atoms with Crippen LogP contribution in [0.2, 0.25) is 0 Å². The van der Waals surface area contributed by atoms with Gasteiger partial charge in [0.2, 0.25) is 0 Å². The fourth-order valence-electron chi connectivity index (χ4n) is 3.53. The predicted octanol–water partition coefficient (Wildman–Crippen LogP) is 4.76. The van der Waals surface area contributed by atoms with Crippen molar-refractivity contribution >= 4 is 0 Å². The van der Waals surface area contributed by atoms with E-state index < -0.39 is 0 Å². The number of hydrogen-bond donors (Lipinski definition) is 1. The summed E-state index contributed by atoms with van der Waals surface area (Å²) in [5.41, 5.74) is 0. The van der Waals surface area contributed by atoms with E-state index in [1.54, 1.807) is 0 Å². The molecule has 1 fully saturated rings. The van der Waals surface area contributed by atoms with E-state index in [9.17, 15) is 0 Å². The minimum absolute atomic E-state index is 0.706. The Morgan fingerprint density at radius 3 is 2.06 bits per heavy atom. The van der Waals surface area contributed by atoms with Gasteiger partial charge >= 0.3 is 0 Å². The number of nitrogens with one attached hydrogen (secondary N) is 1.